The number of halogens is 2. The fraction of sp³-hybridized carbons (Fsp3) is 0.400. The van der Waals surface area contributed by atoms with E-state index < -0.39 is 0 Å². The van der Waals surface area contributed by atoms with Crippen molar-refractivity contribution in [3.63, 3.8) is 0 Å². The summed E-state index contributed by atoms with van der Waals surface area (Å²) < 4.78 is 0. The Balaban J connectivity index is 2.49. The Hall–Kier alpha value is -0.600. The monoisotopic (exact) mass is 230 g/mol. The van der Waals surface area contributed by atoms with Gasteiger partial charge in [-0.05, 0) is 18.6 Å². The number of nitrogens with zero attached hydrogens (tertiary/aromatic N) is 1. The molecule has 1 heterocycles. The van der Waals surface area contributed by atoms with Crippen LogP contribution in [0.25, 0.3) is 0 Å². The van der Waals surface area contributed by atoms with Crippen LogP contribution < -0.4 is 10.2 Å². The summed E-state index contributed by atoms with van der Waals surface area (Å²) in [5.74, 6) is 0. The molecule has 0 saturated heterocycles. The van der Waals surface area contributed by atoms with Crippen molar-refractivity contribution in [3.05, 3.63) is 22.2 Å². The first-order valence-corrected chi connectivity index (χ1v) is 5.38. The third kappa shape index (κ3) is 1.77. The van der Waals surface area contributed by atoms with Gasteiger partial charge in [0, 0.05) is 20.1 Å². The smallest absolute Gasteiger partial charge is 0.0615 e. The molecule has 0 aliphatic carbocycles. The van der Waals surface area contributed by atoms with E-state index in [1.165, 1.54) is 0 Å². The van der Waals surface area contributed by atoms with E-state index in [2.05, 4.69) is 17.3 Å². The number of rotatable bonds is 0. The summed E-state index contributed by atoms with van der Waals surface area (Å²) in [6.45, 7) is 2.02. The maximum atomic E-state index is 5.98. The first kappa shape index (κ1) is 9.94. The summed E-state index contributed by atoms with van der Waals surface area (Å²) in [6, 6.07) is 3.80. The summed E-state index contributed by atoms with van der Waals surface area (Å²) in [7, 11) is 2.07. The molecule has 2 rings (SSSR count). The number of nitrogens with one attached hydrogen (secondary N) is 1. The van der Waals surface area contributed by atoms with Crippen LogP contribution in [0, 0.1) is 0 Å². The highest BCUT2D eigenvalue weighted by atomic mass is 35.5. The molecular weight excluding hydrogens is 219 g/mol. The molecule has 14 heavy (non-hydrogen) atoms. The minimum atomic E-state index is 0.605. The molecule has 0 radical (unpaired) electrons. The Morgan fingerprint density at radius 2 is 2.00 bits per heavy atom. The fourth-order valence-corrected chi connectivity index (χ4v) is 1.98. The summed E-state index contributed by atoms with van der Waals surface area (Å²) in [5, 5.41) is 4.56. The molecule has 1 aliphatic rings. The van der Waals surface area contributed by atoms with E-state index in [9.17, 15) is 0 Å². The Kier molecular flexibility index (Phi) is 2.75. The lowest BCUT2D eigenvalue weighted by molar-refractivity contribution is 0.837. The van der Waals surface area contributed by atoms with E-state index in [1.54, 1.807) is 0 Å². The van der Waals surface area contributed by atoms with Crippen LogP contribution in [0.1, 0.15) is 6.42 Å². The predicted molar refractivity (Wildman–Crippen MR) is 62.8 cm³/mol. The SMILES string of the molecule is CN1CCCNc2cc(Cl)c(Cl)cc21. The maximum Gasteiger partial charge on any atom is 0.0615 e. The van der Waals surface area contributed by atoms with Gasteiger partial charge in [0.05, 0.1) is 21.4 Å². The van der Waals surface area contributed by atoms with Gasteiger partial charge in [-0.1, -0.05) is 23.2 Å². The number of hydrogen-bond donors (Lipinski definition) is 1. The van der Waals surface area contributed by atoms with Crippen molar-refractivity contribution in [1.82, 2.24) is 0 Å². The summed E-state index contributed by atoms with van der Waals surface area (Å²) >= 11 is 11.9. The predicted octanol–water partition coefficient (Wildman–Crippen LogP) is 3.25. The van der Waals surface area contributed by atoms with Gasteiger partial charge in [0.15, 0.2) is 0 Å². The molecule has 0 aromatic heterocycles. The maximum absolute atomic E-state index is 5.98. The molecule has 76 valence electrons. The molecule has 4 heteroatoms. The van der Waals surface area contributed by atoms with E-state index in [1.807, 2.05) is 12.1 Å². The van der Waals surface area contributed by atoms with Crippen LogP contribution in [0.2, 0.25) is 10.0 Å². The van der Waals surface area contributed by atoms with Gasteiger partial charge in [-0.3, -0.25) is 0 Å². The number of fused-ring (bicyclic) bond motifs is 1. The molecule has 1 aromatic rings. The highest BCUT2D eigenvalue weighted by Crippen LogP contribution is 2.35. The lowest BCUT2D eigenvalue weighted by Gasteiger charge is -2.19. The van der Waals surface area contributed by atoms with Crippen LogP contribution in [-0.4, -0.2) is 20.1 Å². The molecule has 0 unspecified atom stereocenters. The quantitative estimate of drug-likeness (QED) is 0.737. The van der Waals surface area contributed by atoms with E-state index in [0.717, 1.165) is 30.9 Å². The molecule has 0 fully saturated rings. The molecule has 2 nitrogen and oxygen atoms in total. The summed E-state index contributed by atoms with van der Waals surface area (Å²) in [4.78, 5) is 2.19. The molecule has 0 bridgehead atoms. The van der Waals surface area contributed by atoms with E-state index in [4.69, 9.17) is 23.2 Å². The number of benzene rings is 1. The van der Waals surface area contributed by atoms with Gasteiger partial charge >= 0.3 is 0 Å². The first-order valence-electron chi connectivity index (χ1n) is 4.62. The van der Waals surface area contributed by atoms with Crippen LogP contribution in [0.4, 0.5) is 11.4 Å². The number of anilines is 2. The van der Waals surface area contributed by atoms with Crippen molar-refractivity contribution in [2.75, 3.05) is 30.4 Å². The van der Waals surface area contributed by atoms with Gasteiger partial charge in [-0.2, -0.15) is 0 Å². The normalized spacial score (nSPS) is 15.8. The average Bonchev–Trinajstić information content (AvgIpc) is 2.31. The Morgan fingerprint density at radius 3 is 2.79 bits per heavy atom. The van der Waals surface area contributed by atoms with Gasteiger partial charge in [0.1, 0.15) is 0 Å². The van der Waals surface area contributed by atoms with E-state index >= 15 is 0 Å². The lowest BCUT2D eigenvalue weighted by atomic mass is 10.2. The molecule has 0 amide bonds. The highest BCUT2D eigenvalue weighted by molar-refractivity contribution is 6.42. The zero-order chi connectivity index (χ0) is 10.1. The third-order valence-corrected chi connectivity index (χ3v) is 3.16. The van der Waals surface area contributed by atoms with Crippen molar-refractivity contribution in [2.24, 2.45) is 0 Å². The van der Waals surface area contributed by atoms with Crippen molar-refractivity contribution >= 4 is 34.6 Å². The van der Waals surface area contributed by atoms with E-state index in [0.29, 0.717) is 10.0 Å². The highest BCUT2D eigenvalue weighted by Gasteiger charge is 2.13. The molecule has 1 N–H and O–H groups in total. The molecule has 0 saturated carbocycles. The van der Waals surface area contributed by atoms with Crippen molar-refractivity contribution in [1.29, 1.82) is 0 Å². The second-order valence-electron chi connectivity index (χ2n) is 3.49. The van der Waals surface area contributed by atoms with Crippen LogP contribution in [-0.2, 0) is 0 Å². The molecule has 1 aromatic carbocycles. The van der Waals surface area contributed by atoms with Crippen molar-refractivity contribution in [3.8, 4) is 0 Å². The van der Waals surface area contributed by atoms with Gasteiger partial charge in [0.25, 0.3) is 0 Å². The zero-order valence-corrected chi connectivity index (χ0v) is 9.49. The van der Waals surface area contributed by atoms with Crippen molar-refractivity contribution < 1.29 is 0 Å². The second-order valence-corrected chi connectivity index (χ2v) is 4.30. The minimum absolute atomic E-state index is 0.605. The molecular formula is C10H12Cl2N2. The van der Waals surface area contributed by atoms with Crippen LogP contribution in [0.15, 0.2) is 12.1 Å². The lowest BCUT2D eigenvalue weighted by Crippen LogP contribution is -2.17. The average molecular weight is 231 g/mol. The summed E-state index contributed by atoms with van der Waals surface area (Å²) in [6.07, 6.45) is 1.13. The van der Waals surface area contributed by atoms with E-state index in [-0.39, 0.29) is 0 Å². The Labute approximate surface area is 93.8 Å². The van der Waals surface area contributed by atoms with Crippen LogP contribution in [0.3, 0.4) is 0 Å². The van der Waals surface area contributed by atoms with Crippen molar-refractivity contribution in [2.45, 2.75) is 6.42 Å². The largest absolute Gasteiger partial charge is 0.383 e. The van der Waals surface area contributed by atoms with Crippen LogP contribution >= 0.6 is 23.2 Å². The summed E-state index contributed by atoms with van der Waals surface area (Å²) in [5.41, 5.74) is 2.19. The standard InChI is InChI=1S/C10H12Cl2N2/c1-14-4-2-3-13-9-5-7(11)8(12)6-10(9)14/h5-6,13H,2-4H2,1H3. The molecule has 0 atom stereocenters. The molecule has 1 aliphatic heterocycles. The third-order valence-electron chi connectivity index (χ3n) is 2.44. The zero-order valence-electron chi connectivity index (χ0n) is 7.98. The van der Waals surface area contributed by atoms with Crippen LogP contribution in [0.5, 0.6) is 0 Å². The van der Waals surface area contributed by atoms with Gasteiger partial charge in [-0.25, -0.2) is 0 Å². The Bertz CT molecular complexity index is 352. The second kappa shape index (κ2) is 3.87. The fourth-order valence-electron chi connectivity index (χ4n) is 1.65. The van der Waals surface area contributed by atoms with Gasteiger partial charge in [-0.15, -0.1) is 0 Å². The minimum Gasteiger partial charge on any atom is -0.383 e. The van der Waals surface area contributed by atoms with Gasteiger partial charge in [0.2, 0.25) is 0 Å². The first-order chi connectivity index (χ1) is 6.68. The van der Waals surface area contributed by atoms with Gasteiger partial charge < -0.3 is 10.2 Å². The topological polar surface area (TPSA) is 15.3 Å². The molecule has 0 spiro atoms. The number of hydrogen-bond acceptors (Lipinski definition) is 2. The Morgan fingerprint density at radius 1 is 1.29 bits per heavy atom.